The Kier molecular flexibility index (Phi) is 3.56. The molecule has 2 rings (SSSR count). The average molecular weight is 257 g/mol. The summed E-state index contributed by atoms with van der Waals surface area (Å²) in [6.07, 6.45) is -1.17. The van der Waals surface area contributed by atoms with Crippen LogP contribution in [-0.4, -0.2) is 15.8 Å². The van der Waals surface area contributed by atoms with Crippen molar-refractivity contribution in [2.45, 2.75) is 31.5 Å². The zero-order chi connectivity index (χ0) is 13.2. The van der Waals surface area contributed by atoms with Crippen LogP contribution in [0, 0.1) is 0 Å². The molecule has 18 heavy (non-hydrogen) atoms. The second kappa shape index (κ2) is 4.97. The van der Waals surface area contributed by atoms with Crippen LogP contribution in [0.5, 0.6) is 0 Å². The molecule has 0 spiro atoms. The van der Waals surface area contributed by atoms with Gasteiger partial charge in [-0.15, -0.1) is 0 Å². The Balaban J connectivity index is 2.03. The number of nitrogens with zero attached hydrogens (tertiary/aromatic N) is 2. The smallest absolute Gasteiger partial charge is 0.324 e. The molecule has 0 fully saturated rings. The summed E-state index contributed by atoms with van der Waals surface area (Å²) < 4.78 is 37.8. The van der Waals surface area contributed by atoms with Crippen molar-refractivity contribution in [3.63, 3.8) is 0 Å². The lowest BCUT2D eigenvalue weighted by Gasteiger charge is -2.11. The maximum atomic E-state index is 12.0. The molecule has 98 valence electrons. The Hall–Kier alpha value is -1.56. The van der Waals surface area contributed by atoms with Gasteiger partial charge in [-0.25, -0.2) is 4.52 Å². The van der Waals surface area contributed by atoms with E-state index in [1.54, 1.807) is 16.9 Å². The van der Waals surface area contributed by atoms with E-state index in [4.69, 9.17) is 5.73 Å². The maximum Gasteiger partial charge on any atom is 0.389 e. The number of hydrogen-bond donors (Lipinski definition) is 1. The van der Waals surface area contributed by atoms with Gasteiger partial charge in [0.25, 0.3) is 0 Å². The van der Waals surface area contributed by atoms with E-state index < -0.39 is 18.6 Å². The van der Waals surface area contributed by atoms with Crippen molar-refractivity contribution in [2.75, 3.05) is 0 Å². The fourth-order valence-corrected chi connectivity index (χ4v) is 1.92. The van der Waals surface area contributed by atoms with Crippen LogP contribution >= 0.6 is 0 Å². The fourth-order valence-electron chi connectivity index (χ4n) is 1.92. The van der Waals surface area contributed by atoms with Crippen LogP contribution in [0.25, 0.3) is 5.52 Å². The van der Waals surface area contributed by atoms with Crippen molar-refractivity contribution in [3.8, 4) is 0 Å². The molecule has 0 saturated carbocycles. The molecule has 1 unspecified atom stereocenters. The molecule has 2 heterocycles. The highest BCUT2D eigenvalue weighted by atomic mass is 19.4. The minimum Gasteiger partial charge on any atom is -0.324 e. The van der Waals surface area contributed by atoms with Gasteiger partial charge >= 0.3 is 6.18 Å². The number of halogens is 3. The molecule has 0 aliphatic rings. The molecule has 0 bridgehead atoms. The molecule has 0 amide bonds. The first-order chi connectivity index (χ1) is 8.47. The number of nitrogens with two attached hydrogens (primary N) is 1. The first kappa shape index (κ1) is 12.9. The van der Waals surface area contributed by atoms with Crippen molar-refractivity contribution in [2.24, 2.45) is 5.73 Å². The van der Waals surface area contributed by atoms with Crippen molar-refractivity contribution in [1.29, 1.82) is 0 Å². The Bertz CT molecular complexity index is 519. The Labute approximate surface area is 102 Å². The van der Waals surface area contributed by atoms with Crippen LogP contribution in [0.1, 0.15) is 30.9 Å². The molecule has 6 heteroatoms. The van der Waals surface area contributed by atoms with Gasteiger partial charge in [0.2, 0.25) is 0 Å². The Morgan fingerprint density at radius 3 is 2.83 bits per heavy atom. The van der Waals surface area contributed by atoms with Crippen LogP contribution in [-0.2, 0) is 0 Å². The molecule has 2 aromatic rings. The van der Waals surface area contributed by atoms with Crippen molar-refractivity contribution in [3.05, 3.63) is 36.2 Å². The number of rotatable bonds is 4. The number of alkyl halides is 3. The van der Waals surface area contributed by atoms with E-state index >= 15 is 0 Å². The molecule has 1 atom stereocenters. The van der Waals surface area contributed by atoms with Gasteiger partial charge in [-0.3, -0.25) is 0 Å². The van der Waals surface area contributed by atoms with Crippen LogP contribution in [0.15, 0.2) is 30.6 Å². The van der Waals surface area contributed by atoms with Gasteiger partial charge < -0.3 is 5.73 Å². The van der Waals surface area contributed by atoms with Gasteiger partial charge in [0.15, 0.2) is 0 Å². The van der Waals surface area contributed by atoms with E-state index in [1.807, 2.05) is 18.2 Å². The second-order valence-corrected chi connectivity index (χ2v) is 4.24. The maximum absolute atomic E-state index is 12.0. The van der Waals surface area contributed by atoms with Crippen LogP contribution < -0.4 is 5.73 Å². The first-order valence-electron chi connectivity index (χ1n) is 5.72. The third-order valence-corrected chi connectivity index (χ3v) is 2.83. The van der Waals surface area contributed by atoms with Crippen molar-refractivity contribution < 1.29 is 13.2 Å². The van der Waals surface area contributed by atoms with E-state index in [0.29, 0.717) is 6.42 Å². The highest BCUT2D eigenvalue weighted by Crippen LogP contribution is 2.26. The summed E-state index contributed by atoms with van der Waals surface area (Å²) in [5.41, 5.74) is 7.55. The van der Waals surface area contributed by atoms with Gasteiger partial charge in [-0.2, -0.15) is 18.3 Å². The molecule has 0 aromatic carbocycles. The zero-order valence-electron chi connectivity index (χ0n) is 9.69. The largest absolute Gasteiger partial charge is 0.389 e. The van der Waals surface area contributed by atoms with E-state index in [0.717, 1.165) is 11.1 Å². The van der Waals surface area contributed by atoms with E-state index in [2.05, 4.69) is 5.10 Å². The predicted octanol–water partition coefficient (Wildman–Crippen LogP) is 3.07. The quantitative estimate of drug-likeness (QED) is 0.914. The molecule has 0 saturated heterocycles. The molecular formula is C12H14F3N3. The van der Waals surface area contributed by atoms with Gasteiger partial charge in [0.05, 0.1) is 11.7 Å². The minimum atomic E-state index is -4.11. The normalized spacial score (nSPS) is 14.0. The fraction of sp³-hybridized carbons (Fsp3) is 0.417. The van der Waals surface area contributed by atoms with Crippen LogP contribution in [0.2, 0.25) is 0 Å². The van der Waals surface area contributed by atoms with Gasteiger partial charge in [-0.05, 0) is 25.0 Å². The molecule has 0 aliphatic heterocycles. The lowest BCUT2D eigenvalue weighted by atomic mass is 10.0. The molecule has 2 N–H and O–H groups in total. The lowest BCUT2D eigenvalue weighted by Crippen LogP contribution is -2.13. The summed E-state index contributed by atoms with van der Waals surface area (Å²) in [5, 5.41) is 4.11. The highest BCUT2D eigenvalue weighted by molar-refractivity contribution is 5.54. The summed E-state index contributed by atoms with van der Waals surface area (Å²) in [5.74, 6) is 0. The summed E-state index contributed by atoms with van der Waals surface area (Å²) in [7, 11) is 0. The molecule has 0 aliphatic carbocycles. The van der Waals surface area contributed by atoms with Gasteiger partial charge in [0.1, 0.15) is 0 Å². The molecule has 2 aromatic heterocycles. The van der Waals surface area contributed by atoms with Gasteiger partial charge in [0, 0.05) is 24.2 Å². The van der Waals surface area contributed by atoms with Crippen molar-refractivity contribution >= 4 is 5.52 Å². The minimum absolute atomic E-state index is 0.0365. The van der Waals surface area contributed by atoms with E-state index in [1.165, 1.54) is 0 Å². The third-order valence-electron chi connectivity index (χ3n) is 2.83. The molecular weight excluding hydrogens is 243 g/mol. The standard InChI is InChI=1S/C12H14F3N3/c13-12(14,15)6-3-4-10(16)9-8-17-18-7-2-1-5-11(9)18/h1-2,5,7-8,10H,3-4,6,16H2. The summed E-state index contributed by atoms with van der Waals surface area (Å²) in [6, 6.07) is 5.13. The highest BCUT2D eigenvalue weighted by Gasteiger charge is 2.26. The number of pyridine rings is 1. The van der Waals surface area contributed by atoms with Crippen molar-refractivity contribution in [1.82, 2.24) is 9.61 Å². The summed E-state index contributed by atoms with van der Waals surface area (Å²) in [6.45, 7) is 0. The molecule has 3 nitrogen and oxygen atoms in total. The lowest BCUT2D eigenvalue weighted by molar-refractivity contribution is -0.135. The Morgan fingerprint density at radius 1 is 1.33 bits per heavy atom. The van der Waals surface area contributed by atoms with E-state index in [-0.39, 0.29) is 6.42 Å². The topological polar surface area (TPSA) is 43.3 Å². The number of aromatic nitrogens is 2. The van der Waals surface area contributed by atoms with E-state index in [9.17, 15) is 13.2 Å². The zero-order valence-corrected chi connectivity index (χ0v) is 9.69. The predicted molar refractivity (Wildman–Crippen MR) is 62.0 cm³/mol. The monoisotopic (exact) mass is 257 g/mol. The van der Waals surface area contributed by atoms with Crippen LogP contribution in [0.4, 0.5) is 13.2 Å². The Morgan fingerprint density at radius 2 is 2.11 bits per heavy atom. The van der Waals surface area contributed by atoms with Crippen LogP contribution in [0.3, 0.4) is 0 Å². The summed E-state index contributed by atoms with van der Waals surface area (Å²) in [4.78, 5) is 0. The van der Waals surface area contributed by atoms with Gasteiger partial charge in [-0.1, -0.05) is 6.07 Å². The third kappa shape index (κ3) is 3.01. The first-order valence-corrected chi connectivity index (χ1v) is 5.72. The summed E-state index contributed by atoms with van der Waals surface area (Å²) >= 11 is 0. The number of hydrogen-bond acceptors (Lipinski definition) is 2. The average Bonchev–Trinajstić information content (AvgIpc) is 2.70. The number of fused-ring (bicyclic) bond motifs is 1. The second-order valence-electron chi connectivity index (χ2n) is 4.24. The molecule has 0 radical (unpaired) electrons. The SMILES string of the molecule is NC(CCCC(F)(F)F)c1cnn2ccccc12.